The third-order valence-electron chi connectivity index (χ3n) is 3.49. The van der Waals surface area contributed by atoms with Gasteiger partial charge in [-0.25, -0.2) is 0 Å². The summed E-state index contributed by atoms with van der Waals surface area (Å²) >= 11 is 5.08. The Labute approximate surface area is 110 Å². The monoisotopic (exact) mass is 257 g/mol. The van der Waals surface area contributed by atoms with Crippen molar-refractivity contribution in [2.75, 3.05) is 20.7 Å². The Bertz CT molecular complexity index is 273. The predicted molar refractivity (Wildman–Crippen MR) is 73.0 cm³/mol. The largest absolute Gasteiger partial charge is 0.470 e. The Kier molecular flexibility index (Phi) is 5.89. The first-order valence-electron chi connectivity index (χ1n) is 6.37. The van der Waals surface area contributed by atoms with Crippen LogP contribution in [0.3, 0.4) is 0 Å². The van der Waals surface area contributed by atoms with Gasteiger partial charge >= 0.3 is 0 Å². The zero-order valence-corrected chi connectivity index (χ0v) is 11.9. The SMILES string of the molecule is CC(=O)C(COC(=S)N(C)C)C1CCCCC1. The average Bonchev–Trinajstić information content (AvgIpc) is 2.29. The summed E-state index contributed by atoms with van der Waals surface area (Å²) in [5, 5.41) is 0.465. The van der Waals surface area contributed by atoms with Gasteiger partial charge in [-0.2, -0.15) is 0 Å². The normalized spacial score (nSPS) is 18.5. The lowest BCUT2D eigenvalue weighted by Crippen LogP contribution is -2.32. The molecular formula is C13H23NO2S. The fourth-order valence-corrected chi connectivity index (χ4v) is 2.48. The summed E-state index contributed by atoms with van der Waals surface area (Å²) in [4.78, 5) is 13.4. The third kappa shape index (κ3) is 4.62. The molecular weight excluding hydrogens is 234 g/mol. The van der Waals surface area contributed by atoms with E-state index in [0.29, 0.717) is 17.7 Å². The third-order valence-corrected chi connectivity index (χ3v) is 3.98. The molecule has 1 unspecified atom stereocenters. The van der Waals surface area contributed by atoms with E-state index in [-0.39, 0.29) is 11.7 Å². The maximum Gasteiger partial charge on any atom is 0.258 e. The summed E-state index contributed by atoms with van der Waals surface area (Å²) in [7, 11) is 3.71. The highest BCUT2D eigenvalue weighted by Crippen LogP contribution is 2.30. The van der Waals surface area contributed by atoms with Crippen molar-refractivity contribution < 1.29 is 9.53 Å². The number of hydrogen-bond donors (Lipinski definition) is 0. The van der Waals surface area contributed by atoms with Crippen molar-refractivity contribution in [3.8, 4) is 0 Å². The molecule has 17 heavy (non-hydrogen) atoms. The first kappa shape index (κ1) is 14.4. The lowest BCUT2D eigenvalue weighted by Gasteiger charge is -2.29. The van der Waals surface area contributed by atoms with Crippen LogP contribution >= 0.6 is 12.2 Å². The van der Waals surface area contributed by atoms with Gasteiger partial charge in [-0.15, -0.1) is 0 Å². The molecule has 0 heterocycles. The molecule has 98 valence electrons. The van der Waals surface area contributed by atoms with Crippen LogP contribution < -0.4 is 0 Å². The van der Waals surface area contributed by atoms with E-state index < -0.39 is 0 Å². The molecule has 1 saturated carbocycles. The Balaban J connectivity index is 2.48. The molecule has 0 aromatic heterocycles. The number of ketones is 1. The first-order valence-corrected chi connectivity index (χ1v) is 6.77. The number of Topliss-reactive ketones (excluding diaryl/α,β-unsaturated/α-hetero) is 1. The summed E-state index contributed by atoms with van der Waals surface area (Å²) in [5.74, 6) is 0.748. The highest BCUT2D eigenvalue weighted by atomic mass is 32.1. The van der Waals surface area contributed by atoms with Crippen LogP contribution in [0.25, 0.3) is 0 Å². The van der Waals surface area contributed by atoms with Crippen LogP contribution in [0.4, 0.5) is 0 Å². The van der Waals surface area contributed by atoms with Gasteiger partial charge < -0.3 is 9.64 Å². The molecule has 1 fully saturated rings. The van der Waals surface area contributed by atoms with E-state index in [4.69, 9.17) is 17.0 Å². The Hall–Kier alpha value is -0.640. The number of nitrogens with zero attached hydrogens (tertiary/aromatic N) is 1. The van der Waals surface area contributed by atoms with Gasteiger partial charge in [0.25, 0.3) is 5.17 Å². The minimum Gasteiger partial charge on any atom is -0.470 e. The maximum absolute atomic E-state index is 11.7. The Morgan fingerprint density at radius 3 is 2.41 bits per heavy atom. The van der Waals surface area contributed by atoms with Gasteiger partial charge in [-0.05, 0) is 37.9 Å². The molecule has 0 aliphatic heterocycles. The van der Waals surface area contributed by atoms with E-state index in [1.165, 1.54) is 19.3 Å². The average molecular weight is 257 g/mol. The van der Waals surface area contributed by atoms with Crippen LogP contribution in [-0.4, -0.2) is 36.6 Å². The number of rotatable bonds is 4. The van der Waals surface area contributed by atoms with Crippen molar-refractivity contribution in [3.63, 3.8) is 0 Å². The number of thiocarbonyl (C=S) groups is 1. The van der Waals surface area contributed by atoms with Crippen molar-refractivity contribution in [1.29, 1.82) is 0 Å². The van der Waals surface area contributed by atoms with Crippen molar-refractivity contribution in [2.24, 2.45) is 11.8 Å². The number of carbonyl (C=O) groups excluding carboxylic acids is 1. The van der Waals surface area contributed by atoms with E-state index >= 15 is 0 Å². The predicted octanol–water partition coefficient (Wildman–Crippen LogP) is 2.64. The van der Waals surface area contributed by atoms with Gasteiger partial charge in [0.2, 0.25) is 0 Å². The second-order valence-electron chi connectivity index (χ2n) is 5.09. The van der Waals surface area contributed by atoms with Crippen LogP contribution in [0, 0.1) is 11.8 Å². The van der Waals surface area contributed by atoms with Crippen LogP contribution in [-0.2, 0) is 9.53 Å². The molecule has 1 aliphatic rings. The van der Waals surface area contributed by atoms with E-state index in [9.17, 15) is 4.79 Å². The first-order chi connectivity index (χ1) is 8.02. The van der Waals surface area contributed by atoms with Crippen molar-refractivity contribution in [1.82, 2.24) is 4.90 Å². The topological polar surface area (TPSA) is 29.5 Å². The minimum atomic E-state index is 0.0215. The molecule has 0 saturated heterocycles. The van der Waals surface area contributed by atoms with Gasteiger partial charge in [0.05, 0.1) is 5.92 Å². The zero-order valence-electron chi connectivity index (χ0n) is 11.1. The second kappa shape index (κ2) is 6.94. The molecule has 1 atom stereocenters. The molecule has 1 rings (SSSR count). The number of ether oxygens (including phenoxy) is 1. The minimum absolute atomic E-state index is 0.0215. The van der Waals surface area contributed by atoms with Gasteiger partial charge in [0, 0.05) is 14.1 Å². The molecule has 0 spiro atoms. The quantitative estimate of drug-likeness (QED) is 0.724. The maximum atomic E-state index is 11.7. The van der Waals surface area contributed by atoms with Crippen LogP contribution in [0.2, 0.25) is 0 Å². The molecule has 3 nitrogen and oxygen atoms in total. The van der Waals surface area contributed by atoms with E-state index in [0.717, 1.165) is 12.8 Å². The second-order valence-corrected chi connectivity index (χ2v) is 5.44. The lowest BCUT2D eigenvalue weighted by molar-refractivity contribution is -0.124. The summed E-state index contributed by atoms with van der Waals surface area (Å²) in [6.45, 7) is 2.11. The number of carbonyl (C=O) groups is 1. The molecule has 4 heteroatoms. The summed E-state index contributed by atoms with van der Waals surface area (Å²) in [5.41, 5.74) is 0. The molecule has 0 amide bonds. The lowest BCUT2D eigenvalue weighted by atomic mass is 9.79. The van der Waals surface area contributed by atoms with Crippen LogP contribution in [0.15, 0.2) is 0 Å². The van der Waals surface area contributed by atoms with E-state index in [2.05, 4.69) is 0 Å². The molecule has 0 bridgehead atoms. The van der Waals surface area contributed by atoms with E-state index in [1.54, 1.807) is 11.8 Å². The van der Waals surface area contributed by atoms with Crippen LogP contribution in [0.1, 0.15) is 39.0 Å². The fraction of sp³-hybridized carbons (Fsp3) is 0.846. The Morgan fingerprint density at radius 2 is 1.94 bits per heavy atom. The van der Waals surface area contributed by atoms with Crippen molar-refractivity contribution in [2.45, 2.75) is 39.0 Å². The van der Waals surface area contributed by atoms with Crippen LogP contribution in [0.5, 0.6) is 0 Å². The molecule has 0 N–H and O–H groups in total. The summed E-state index contributed by atoms with van der Waals surface area (Å²) < 4.78 is 5.52. The summed E-state index contributed by atoms with van der Waals surface area (Å²) in [6, 6.07) is 0. The molecule has 0 aromatic rings. The smallest absolute Gasteiger partial charge is 0.258 e. The fourth-order valence-electron chi connectivity index (χ4n) is 2.41. The van der Waals surface area contributed by atoms with Crippen molar-refractivity contribution in [3.05, 3.63) is 0 Å². The molecule has 0 radical (unpaired) electrons. The molecule has 1 aliphatic carbocycles. The van der Waals surface area contributed by atoms with Gasteiger partial charge in [-0.1, -0.05) is 19.3 Å². The highest BCUT2D eigenvalue weighted by molar-refractivity contribution is 7.80. The Morgan fingerprint density at radius 1 is 1.35 bits per heavy atom. The standard InChI is InChI=1S/C13H23NO2S/c1-10(15)12(9-16-13(17)14(2)3)11-7-5-4-6-8-11/h11-12H,4-9H2,1-3H3. The molecule has 0 aromatic carbocycles. The van der Waals surface area contributed by atoms with Crippen molar-refractivity contribution >= 4 is 23.2 Å². The van der Waals surface area contributed by atoms with Gasteiger partial charge in [-0.3, -0.25) is 4.79 Å². The van der Waals surface area contributed by atoms with Gasteiger partial charge in [0.15, 0.2) is 0 Å². The number of hydrogen-bond acceptors (Lipinski definition) is 3. The zero-order chi connectivity index (χ0) is 12.8. The van der Waals surface area contributed by atoms with Gasteiger partial charge in [0.1, 0.15) is 12.4 Å². The highest BCUT2D eigenvalue weighted by Gasteiger charge is 2.28. The summed E-state index contributed by atoms with van der Waals surface area (Å²) in [6.07, 6.45) is 6.10. The van der Waals surface area contributed by atoms with E-state index in [1.807, 2.05) is 14.1 Å².